The van der Waals surface area contributed by atoms with Crippen molar-refractivity contribution in [2.45, 2.75) is 26.2 Å². The average Bonchev–Trinajstić information content (AvgIpc) is 2.84. The topological polar surface area (TPSA) is 100 Å². The van der Waals surface area contributed by atoms with E-state index in [1.165, 1.54) is 5.56 Å². The fourth-order valence-electron chi connectivity index (χ4n) is 3.88. The molecule has 1 aliphatic heterocycles. The van der Waals surface area contributed by atoms with Crippen LogP contribution in [0.4, 0.5) is 5.69 Å². The van der Waals surface area contributed by atoms with Crippen LogP contribution in [-0.2, 0) is 22.4 Å². The minimum absolute atomic E-state index is 0.131. The van der Waals surface area contributed by atoms with Crippen molar-refractivity contribution in [1.82, 2.24) is 19.9 Å². The van der Waals surface area contributed by atoms with E-state index in [2.05, 4.69) is 25.2 Å². The molecule has 4 rings (SSSR count). The third kappa shape index (κ3) is 6.34. The van der Waals surface area contributed by atoms with Crippen LogP contribution in [0.3, 0.4) is 0 Å². The van der Waals surface area contributed by atoms with Crippen LogP contribution in [0.15, 0.2) is 53.6 Å². The Bertz CT molecular complexity index is 1120. The average molecular weight is 448 g/mol. The number of carbonyl (C=O) groups is 1. The number of nitrogens with zero attached hydrogens (tertiary/aromatic N) is 3. The SMILES string of the molecule is Cc1nc(-c2ccncc2)[nH]c(=O)c1CCC(=O)Nc1ccc(CCN2CCOCC2)cc1. The van der Waals surface area contributed by atoms with E-state index in [9.17, 15) is 9.59 Å². The molecule has 33 heavy (non-hydrogen) atoms. The maximum atomic E-state index is 12.6. The highest BCUT2D eigenvalue weighted by molar-refractivity contribution is 5.90. The number of rotatable bonds is 8. The van der Waals surface area contributed by atoms with Crippen molar-refractivity contribution in [1.29, 1.82) is 0 Å². The predicted octanol–water partition coefficient (Wildman–Crippen LogP) is 2.59. The van der Waals surface area contributed by atoms with Crippen LogP contribution in [0.2, 0.25) is 0 Å². The Balaban J connectivity index is 1.29. The van der Waals surface area contributed by atoms with Crippen LogP contribution in [0.25, 0.3) is 11.4 Å². The van der Waals surface area contributed by atoms with Crippen LogP contribution in [0.1, 0.15) is 23.2 Å². The van der Waals surface area contributed by atoms with E-state index in [4.69, 9.17) is 4.74 Å². The third-order valence-corrected chi connectivity index (χ3v) is 5.84. The van der Waals surface area contributed by atoms with Crippen LogP contribution >= 0.6 is 0 Å². The van der Waals surface area contributed by atoms with Gasteiger partial charge in [-0.1, -0.05) is 12.1 Å². The summed E-state index contributed by atoms with van der Waals surface area (Å²) in [7, 11) is 0. The maximum Gasteiger partial charge on any atom is 0.254 e. The molecule has 1 fully saturated rings. The molecule has 1 aliphatic rings. The molecule has 172 valence electrons. The van der Waals surface area contributed by atoms with Gasteiger partial charge in [0.2, 0.25) is 5.91 Å². The lowest BCUT2D eigenvalue weighted by molar-refractivity contribution is -0.116. The van der Waals surface area contributed by atoms with Gasteiger partial charge in [0, 0.05) is 61.0 Å². The maximum absolute atomic E-state index is 12.6. The number of aromatic nitrogens is 3. The van der Waals surface area contributed by atoms with Gasteiger partial charge < -0.3 is 15.0 Å². The van der Waals surface area contributed by atoms with E-state index < -0.39 is 0 Å². The second-order valence-corrected chi connectivity index (χ2v) is 8.16. The summed E-state index contributed by atoms with van der Waals surface area (Å²) in [5, 5.41) is 2.92. The van der Waals surface area contributed by atoms with Gasteiger partial charge in [0.15, 0.2) is 0 Å². The highest BCUT2D eigenvalue weighted by atomic mass is 16.5. The van der Waals surface area contributed by atoms with Crippen molar-refractivity contribution >= 4 is 11.6 Å². The Morgan fingerprint density at radius 1 is 1.09 bits per heavy atom. The van der Waals surface area contributed by atoms with Gasteiger partial charge in [-0.2, -0.15) is 0 Å². The highest BCUT2D eigenvalue weighted by Gasteiger charge is 2.13. The normalized spacial score (nSPS) is 14.2. The molecular weight excluding hydrogens is 418 g/mol. The van der Waals surface area contributed by atoms with Gasteiger partial charge in [-0.25, -0.2) is 4.98 Å². The number of hydrogen-bond donors (Lipinski definition) is 2. The smallest absolute Gasteiger partial charge is 0.254 e. The number of nitrogens with one attached hydrogen (secondary N) is 2. The van der Waals surface area contributed by atoms with E-state index in [-0.39, 0.29) is 17.9 Å². The first-order chi connectivity index (χ1) is 16.1. The summed E-state index contributed by atoms with van der Waals surface area (Å²) in [5.41, 5.74) is 3.73. The monoisotopic (exact) mass is 447 g/mol. The molecule has 2 aromatic heterocycles. The number of morpholine rings is 1. The number of aryl methyl sites for hydroxylation is 1. The Morgan fingerprint density at radius 2 is 1.82 bits per heavy atom. The summed E-state index contributed by atoms with van der Waals surface area (Å²) < 4.78 is 5.38. The number of aromatic amines is 1. The molecule has 2 N–H and O–H groups in total. The zero-order valence-corrected chi connectivity index (χ0v) is 18.8. The fraction of sp³-hybridized carbons (Fsp3) is 0.360. The summed E-state index contributed by atoms with van der Waals surface area (Å²) in [6.07, 6.45) is 4.81. The molecule has 3 heterocycles. The second-order valence-electron chi connectivity index (χ2n) is 8.16. The molecule has 0 spiro atoms. The molecule has 0 unspecified atom stereocenters. The fourth-order valence-corrected chi connectivity index (χ4v) is 3.88. The van der Waals surface area contributed by atoms with Crippen molar-refractivity contribution in [3.63, 3.8) is 0 Å². The first kappa shape index (κ1) is 22.8. The quantitative estimate of drug-likeness (QED) is 0.551. The zero-order valence-electron chi connectivity index (χ0n) is 18.8. The van der Waals surface area contributed by atoms with Crippen LogP contribution in [0.5, 0.6) is 0 Å². The van der Waals surface area contributed by atoms with Crippen molar-refractivity contribution in [2.75, 3.05) is 38.2 Å². The molecule has 0 saturated carbocycles. The molecule has 3 aromatic rings. The highest BCUT2D eigenvalue weighted by Crippen LogP contribution is 2.15. The lowest BCUT2D eigenvalue weighted by atomic mass is 10.1. The second kappa shape index (κ2) is 11.0. The summed E-state index contributed by atoms with van der Waals surface area (Å²) in [5.74, 6) is 0.370. The number of H-pyrrole nitrogens is 1. The molecule has 0 radical (unpaired) electrons. The van der Waals surface area contributed by atoms with Gasteiger partial charge >= 0.3 is 0 Å². The van der Waals surface area contributed by atoms with Gasteiger partial charge in [-0.05, 0) is 49.6 Å². The third-order valence-electron chi connectivity index (χ3n) is 5.84. The van der Waals surface area contributed by atoms with Crippen molar-refractivity contribution in [3.8, 4) is 11.4 Å². The molecule has 0 bridgehead atoms. The number of hydrogen-bond acceptors (Lipinski definition) is 6. The van der Waals surface area contributed by atoms with E-state index >= 15 is 0 Å². The van der Waals surface area contributed by atoms with E-state index in [0.717, 1.165) is 50.5 Å². The van der Waals surface area contributed by atoms with E-state index in [0.29, 0.717) is 23.5 Å². The molecule has 1 saturated heterocycles. The molecule has 8 nitrogen and oxygen atoms in total. The van der Waals surface area contributed by atoms with Gasteiger partial charge in [0.25, 0.3) is 5.56 Å². The van der Waals surface area contributed by atoms with Gasteiger partial charge in [-0.3, -0.25) is 19.5 Å². The minimum Gasteiger partial charge on any atom is -0.379 e. The first-order valence-electron chi connectivity index (χ1n) is 11.3. The lowest BCUT2D eigenvalue weighted by Crippen LogP contribution is -2.37. The molecule has 1 aromatic carbocycles. The van der Waals surface area contributed by atoms with Crippen LogP contribution < -0.4 is 10.9 Å². The van der Waals surface area contributed by atoms with Crippen molar-refractivity contribution in [2.24, 2.45) is 0 Å². The molecule has 0 aliphatic carbocycles. The number of benzene rings is 1. The largest absolute Gasteiger partial charge is 0.379 e. The van der Waals surface area contributed by atoms with E-state index in [1.807, 2.05) is 24.3 Å². The summed E-state index contributed by atoms with van der Waals surface area (Å²) in [4.78, 5) is 38.7. The number of carbonyl (C=O) groups excluding carboxylic acids is 1. The summed E-state index contributed by atoms with van der Waals surface area (Å²) in [6, 6.07) is 11.5. The van der Waals surface area contributed by atoms with Gasteiger partial charge in [-0.15, -0.1) is 0 Å². The molecule has 8 heteroatoms. The molecule has 1 amide bonds. The molecule has 0 atom stereocenters. The molecular formula is C25H29N5O3. The number of amides is 1. The zero-order chi connectivity index (χ0) is 23.0. The van der Waals surface area contributed by atoms with E-state index in [1.54, 1.807) is 31.5 Å². The van der Waals surface area contributed by atoms with Crippen LogP contribution in [-0.4, -0.2) is 58.6 Å². The number of anilines is 1. The Kier molecular flexibility index (Phi) is 7.59. The Morgan fingerprint density at radius 3 is 2.52 bits per heavy atom. The van der Waals surface area contributed by atoms with Gasteiger partial charge in [0.1, 0.15) is 5.82 Å². The Hall–Kier alpha value is -3.36. The summed E-state index contributed by atoms with van der Waals surface area (Å²) in [6.45, 7) is 6.39. The standard InChI is InChI=1S/C25H29N5O3/c1-18-22(25(32)29-24(27-18)20-8-11-26-12-9-20)6-7-23(31)28-21-4-2-19(3-5-21)10-13-30-14-16-33-17-15-30/h2-5,8-9,11-12H,6-7,10,13-17H2,1H3,(H,28,31)(H,27,29,32). The Labute approximate surface area is 193 Å². The van der Waals surface area contributed by atoms with Crippen molar-refractivity contribution < 1.29 is 9.53 Å². The van der Waals surface area contributed by atoms with Gasteiger partial charge in [0.05, 0.1) is 13.2 Å². The summed E-state index contributed by atoms with van der Waals surface area (Å²) >= 11 is 0. The number of ether oxygens (including phenoxy) is 1. The number of pyridine rings is 1. The first-order valence-corrected chi connectivity index (χ1v) is 11.3. The van der Waals surface area contributed by atoms with Crippen LogP contribution in [0, 0.1) is 6.92 Å². The minimum atomic E-state index is -0.216. The lowest BCUT2D eigenvalue weighted by Gasteiger charge is -2.26. The van der Waals surface area contributed by atoms with Crippen molar-refractivity contribution in [3.05, 3.63) is 76.0 Å². The predicted molar refractivity (Wildman–Crippen MR) is 127 cm³/mol.